The van der Waals surface area contributed by atoms with Crippen LogP contribution in [0.15, 0.2) is 0 Å². The Hall–Kier alpha value is -1.06. The molecule has 1 rings (SSSR count). The van der Waals surface area contributed by atoms with Crippen LogP contribution >= 0.6 is 0 Å². The Bertz CT molecular complexity index is 671. The summed E-state index contributed by atoms with van der Waals surface area (Å²) >= 11 is 0. The summed E-state index contributed by atoms with van der Waals surface area (Å²) < 4.78 is 11.9. The molecule has 0 aromatic rings. The minimum Gasteiger partial charge on any atom is -0.378 e. The molecule has 1 fully saturated rings. The molecule has 4 atom stereocenters. The van der Waals surface area contributed by atoms with E-state index in [-0.39, 0.29) is 48.1 Å². The highest BCUT2D eigenvalue weighted by Crippen LogP contribution is 2.26. The maximum atomic E-state index is 12.7. The second-order valence-corrected chi connectivity index (χ2v) is 12.6. The van der Waals surface area contributed by atoms with Crippen molar-refractivity contribution in [3.63, 3.8) is 0 Å². The van der Waals surface area contributed by atoms with Crippen LogP contribution in [0.2, 0.25) is 0 Å². The van der Waals surface area contributed by atoms with E-state index in [2.05, 4.69) is 43.2 Å². The van der Waals surface area contributed by atoms with Crippen molar-refractivity contribution in [2.45, 2.75) is 162 Å². The minimum absolute atomic E-state index is 0.0361. The van der Waals surface area contributed by atoms with Crippen molar-refractivity contribution >= 4 is 11.7 Å². The van der Waals surface area contributed by atoms with Gasteiger partial charge in [-0.05, 0) is 72.1 Å². The van der Waals surface area contributed by atoms with E-state index in [0.29, 0.717) is 51.3 Å². The SMILES string of the molecule is CC(C)CCC[C@@H](NC(C)C)C(=O)NCCCC(=O)CCCC[C@@H](O)N1C[C@H](OC(C)C)C[C@H]1COC(C)C. The van der Waals surface area contributed by atoms with E-state index in [0.717, 1.165) is 38.5 Å². The van der Waals surface area contributed by atoms with Crippen LogP contribution in [0.5, 0.6) is 0 Å². The summed E-state index contributed by atoms with van der Waals surface area (Å²) in [5.41, 5.74) is 0. The predicted octanol–water partition coefficient (Wildman–Crippen LogP) is 4.82. The number of nitrogens with one attached hydrogen (secondary N) is 2. The van der Waals surface area contributed by atoms with Crippen molar-refractivity contribution in [1.29, 1.82) is 0 Å². The molecule has 1 aliphatic heterocycles. The molecule has 0 saturated carbocycles. The monoisotopic (exact) mass is 555 g/mol. The van der Waals surface area contributed by atoms with Crippen molar-refractivity contribution < 1.29 is 24.2 Å². The van der Waals surface area contributed by atoms with Crippen LogP contribution in [0.1, 0.15) is 120 Å². The molecule has 0 unspecified atom stereocenters. The fourth-order valence-electron chi connectivity index (χ4n) is 5.20. The van der Waals surface area contributed by atoms with Gasteiger partial charge in [0.05, 0.1) is 31.0 Å². The third-order valence-corrected chi connectivity index (χ3v) is 7.11. The first-order valence-corrected chi connectivity index (χ1v) is 15.6. The van der Waals surface area contributed by atoms with Crippen LogP contribution < -0.4 is 10.6 Å². The molecular weight excluding hydrogens is 494 g/mol. The summed E-state index contributed by atoms with van der Waals surface area (Å²) in [5.74, 6) is 0.899. The fraction of sp³-hybridized carbons (Fsp3) is 0.935. The van der Waals surface area contributed by atoms with Crippen LogP contribution in [0.3, 0.4) is 0 Å². The number of rotatable bonds is 22. The van der Waals surface area contributed by atoms with Crippen LogP contribution in [-0.2, 0) is 19.1 Å². The second kappa shape index (κ2) is 19.9. The number of ketones is 1. The van der Waals surface area contributed by atoms with E-state index in [9.17, 15) is 14.7 Å². The van der Waals surface area contributed by atoms with Crippen LogP contribution in [0.25, 0.3) is 0 Å². The number of unbranched alkanes of at least 4 members (excludes halogenated alkanes) is 1. The van der Waals surface area contributed by atoms with Gasteiger partial charge in [0.25, 0.3) is 0 Å². The number of carbonyl (C=O) groups is 2. The number of likely N-dealkylation sites (tertiary alicyclic amines) is 1. The smallest absolute Gasteiger partial charge is 0.237 e. The molecule has 0 spiro atoms. The quantitative estimate of drug-likeness (QED) is 0.165. The number of hydrogen-bond donors (Lipinski definition) is 3. The Morgan fingerprint density at radius 3 is 2.21 bits per heavy atom. The van der Waals surface area contributed by atoms with Gasteiger partial charge in [0.15, 0.2) is 0 Å². The van der Waals surface area contributed by atoms with Gasteiger partial charge in [0, 0.05) is 38.0 Å². The van der Waals surface area contributed by atoms with Gasteiger partial charge >= 0.3 is 0 Å². The highest BCUT2D eigenvalue weighted by molar-refractivity contribution is 5.82. The van der Waals surface area contributed by atoms with E-state index in [1.807, 2.05) is 27.7 Å². The summed E-state index contributed by atoms with van der Waals surface area (Å²) in [6.45, 7) is 18.5. The molecule has 0 aromatic carbocycles. The molecule has 1 aliphatic rings. The van der Waals surface area contributed by atoms with Crippen molar-refractivity contribution in [3.8, 4) is 0 Å². The number of Topliss-reactive ketones (excluding diaryl/α,β-unsaturated/α-hetero) is 1. The highest BCUT2D eigenvalue weighted by Gasteiger charge is 2.36. The highest BCUT2D eigenvalue weighted by atomic mass is 16.5. The normalized spacial score (nSPS) is 19.9. The topological polar surface area (TPSA) is 100 Å². The average Bonchev–Trinajstić information content (AvgIpc) is 3.23. The first kappa shape index (κ1) is 36.0. The Morgan fingerprint density at radius 2 is 1.59 bits per heavy atom. The third kappa shape index (κ3) is 16.7. The van der Waals surface area contributed by atoms with Crippen LogP contribution in [0, 0.1) is 5.92 Å². The van der Waals surface area contributed by atoms with Gasteiger partial charge in [-0.25, -0.2) is 0 Å². The lowest BCUT2D eigenvalue weighted by molar-refractivity contribution is -0.124. The summed E-state index contributed by atoms with van der Waals surface area (Å²) in [6, 6.07) is 0.221. The Morgan fingerprint density at radius 1 is 0.897 bits per heavy atom. The number of carbonyl (C=O) groups excluding carboxylic acids is 2. The van der Waals surface area contributed by atoms with Crippen LogP contribution in [0.4, 0.5) is 0 Å². The molecule has 0 radical (unpaired) electrons. The predicted molar refractivity (Wildman–Crippen MR) is 159 cm³/mol. The van der Waals surface area contributed by atoms with Gasteiger partial charge in [-0.3, -0.25) is 14.5 Å². The number of hydrogen-bond acceptors (Lipinski definition) is 7. The summed E-state index contributed by atoms with van der Waals surface area (Å²) in [6.07, 6.45) is 7.58. The first-order chi connectivity index (χ1) is 18.4. The van der Waals surface area contributed by atoms with Crippen LogP contribution in [-0.4, -0.2) is 84.1 Å². The molecular formula is C31H61N3O5. The Labute approximate surface area is 239 Å². The fourth-order valence-corrected chi connectivity index (χ4v) is 5.20. The molecule has 230 valence electrons. The molecule has 1 amide bonds. The van der Waals surface area contributed by atoms with Gasteiger partial charge in [0.1, 0.15) is 12.0 Å². The van der Waals surface area contributed by atoms with Crippen molar-refractivity contribution in [2.24, 2.45) is 5.92 Å². The largest absolute Gasteiger partial charge is 0.378 e. The lowest BCUT2D eigenvalue weighted by Crippen LogP contribution is -2.47. The molecule has 1 saturated heterocycles. The molecule has 8 heteroatoms. The van der Waals surface area contributed by atoms with E-state index >= 15 is 0 Å². The lowest BCUT2D eigenvalue weighted by Gasteiger charge is -2.29. The molecule has 8 nitrogen and oxygen atoms in total. The number of aliphatic hydroxyl groups excluding tert-OH is 1. The summed E-state index contributed by atoms with van der Waals surface area (Å²) in [5, 5.41) is 17.3. The zero-order valence-corrected chi connectivity index (χ0v) is 26.3. The van der Waals surface area contributed by atoms with E-state index in [4.69, 9.17) is 9.47 Å². The molecule has 3 N–H and O–H groups in total. The number of ether oxygens (including phenoxy) is 2. The van der Waals surface area contributed by atoms with Gasteiger partial charge in [-0.1, -0.05) is 40.5 Å². The Kier molecular flexibility index (Phi) is 18.4. The van der Waals surface area contributed by atoms with E-state index in [1.54, 1.807) is 0 Å². The van der Waals surface area contributed by atoms with Crippen molar-refractivity contribution in [3.05, 3.63) is 0 Å². The van der Waals surface area contributed by atoms with E-state index in [1.165, 1.54) is 0 Å². The molecule has 0 aliphatic carbocycles. The molecule has 0 bridgehead atoms. The minimum atomic E-state index is -0.551. The van der Waals surface area contributed by atoms with Crippen molar-refractivity contribution in [1.82, 2.24) is 15.5 Å². The van der Waals surface area contributed by atoms with Gasteiger partial charge in [-0.15, -0.1) is 0 Å². The number of aliphatic hydroxyl groups is 1. The molecule has 39 heavy (non-hydrogen) atoms. The summed E-state index contributed by atoms with van der Waals surface area (Å²) in [4.78, 5) is 27.2. The molecule has 0 aromatic heterocycles. The molecule has 1 heterocycles. The van der Waals surface area contributed by atoms with Gasteiger partial charge in [-0.2, -0.15) is 0 Å². The zero-order chi connectivity index (χ0) is 29.4. The maximum Gasteiger partial charge on any atom is 0.237 e. The third-order valence-electron chi connectivity index (χ3n) is 7.11. The van der Waals surface area contributed by atoms with Gasteiger partial charge < -0.3 is 25.2 Å². The lowest BCUT2D eigenvalue weighted by atomic mass is 10.0. The standard InChI is InChI=1S/C31H61N3O5/c1-22(2)13-11-16-29(33-23(3)4)31(37)32-18-12-15-27(35)14-9-10-17-30(36)34-20-28(39-25(7)8)19-26(34)21-38-24(5)6/h22-26,28-30,33,36H,9-21H2,1-8H3,(H,32,37)/t26-,28+,29+,30+/m0/s1. The zero-order valence-electron chi connectivity index (χ0n) is 26.3. The second-order valence-electron chi connectivity index (χ2n) is 12.6. The van der Waals surface area contributed by atoms with Crippen molar-refractivity contribution in [2.75, 3.05) is 19.7 Å². The number of nitrogens with zero attached hydrogens (tertiary/aromatic N) is 1. The number of amides is 1. The van der Waals surface area contributed by atoms with E-state index < -0.39 is 6.23 Å². The van der Waals surface area contributed by atoms with Gasteiger partial charge in [0.2, 0.25) is 5.91 Å². The maximum absolute atomic E-state index is 12.7. The summed E-state index contributed by atoms with van der Waals surface area (Å²) in [7, 11) is 0. The first-order valence-electron chi connectivity index (χ1n) is 15.6. The average molecular weight is 556 g/mol. The Balaban J connectivity index is 2.31.